The number of hydrogen-bond donors (Lipinski definition) is 0. The molecule has 2 aliphatic carbocycles. The Balaban J connectivity index is 0.00000199. The van der Waals surface area contributed by atoms with E-state index in [9.17, 15) is 0 Å². The Kier molecular flexibility index (Phi) is 14.2. The molecule has 6 aromatic rings. The third-order valence-electron chi connectivity index (χ3n) is 13.1. The minimum atomic E-state index is -0.826. The van der Waals surface area contributed by atoms with Gasteiger partial charge in [0.1, 0.15) is 23.0 Å². The first-order chi connectivity index (χ1) is 30.0. The van der Waals surface area contributed by atoms with Crippen LogP contribution in [0.15, 0.2) is 106 Å². The molecular weight excluding hydrogens is 919 g/mol. The first-order valence-electron chi connectivity index (χ1n) is 22.8. The standard InChI is InChI=1S/C58H66O2Si.2ClH.Zr/c1-35-21-23-53(59-35)49-31-47-43(37-25-39(55(3,4)5)29-40(26-37)56(6,7)8)17-15-19-45(47)51(49)33-61-34-52-46-20-16-18-44(48(46)32-50(52)54-24-22-36(2)60-54)38-27-41(57(9,10)11)30-42(28-38)58(12,13)14;;;/h15-32,51-52H,33-34H2,1-14H3;2*1H;/q;;;+2/p-2. The number of allylic oxidation sites excluding steroid dienone is 2. The van der Waals surface area contributed by atoms with Crippen LogP contribution in [0.4, 0.5) is 0 Å². The predicted molar refractivity (Wildman–Crippen MR) is 274 cm³/mol. The first-order valence-corrected chi connectivity index (χ1v) is 30.5. The second-order valence-electron chi connectivity index (χ2n) is 22.1. The molecule has 2 nitrogen and oxygen atoms in total. The zero-order chi connectivity index (χ0) is 46.5. The van der Waals surface area contributed by atoms with Crippen LogP contribution in [0.1, 0.15) is 162 Å². The zero-order valence-corrected chi connectivity index (χ0v) is 45.5. The number of benzene rings is 4. The van der Waals surface area contributed by atoms with Gasteiger partial charge in [0.05, 0.1) is 0 Å². The minimum absolute atomic E-state index is 0.0391. The van der Waals surface area contributed by atoms with Gasteiger partial charge in [0.25, 0.3) is 0 Å². The van der Waals surface area contributed by atoms with E-state index in [4.69, 9.17) is 25.9 Å². The Morgan fingerprint density at radius 2 is 0.812 bits per heavy atom. The van der Waals surface area contributed by atoms with Crippen LogP contribution in [0.2, 0.25) is 12.1 Å². The van der Waals surface area contributed by atoms with E-state index in [1.54, 1.807) is 0 Å². The van der Waals surface area contributed by atoms with Crippen molar-refractivity contribution in [3.63, 3.8) is 0 Å². The van der Waals surface area contributed by atoms with Gasteiger partial charge in [-0.1, -0.05) is 156 Å². The van der Waals surface area contributed by atoms with Crippen molar-refractivity contribution in [3.05, 3.63) is 165 Å². The summed E-state index contributed by atoms with van der Waals surface area (Å²) in [4.78, 5) is 0. The van der Waals surface area contributed by atoms with E-state index in [0.29, 0.717) is 0 Å². The summed E-state index contributed by atoms with van der Waals surface area (Å²) in [6.07, 6.45) is 4.90. The molecule has 2 aliphatic rings. The molecular formula is C58H66Cl2O2SiZr. The Bertz CT molecular complexity index is 2470. The third kappa shape index (κ3) is 10.4. The molecule has 4 aromatic carbocycles. The summed E-state index contributed by atoms with van der Waals surface area (Å²) in [6, 6.07) is 39.2. The molecule has 0 saturated carbocycles. The molecule has 0 bridgehead atoms. The quantitative estimate of drug-likeness (QED) is 0.142. The van der Waals surface area contributed by atoms with Crippen molar-refractivity contribution in [1.29, 1.82) is 0 Å². The molecule has 0 fully saturated rings. The number of halogens is 2. The van der Waals surface area contributed by atoms with Gasteiger partial charge in [0.2, 0.25) is 0 Å². The van der Waals surface area contributed by atoms with E-state index in [2.05, 4.69) is 206 Å². The summed E-state index contributed by atoms with van der Waals surface area (Å²) in [5.74, 6) is 4.36. The Morgan fingerprint density at radius 3 is 1.09 bits per heavy atom. The summed E-state index contributed by atoms with van der Waals surface area (Å²) < 4.78 is 12.9. The van der Waals surface area contributed by atoms with Crippen molar-refractivity contribution in [3.8, 4) is 22.3 Å². The number of aryl methyl sites for hydroxylation is 2. The summed E-state index contributed by atoms with van der Waals surface area (Å²) in [6.45, 7) is 32.0. The fourth-order valence-electron chi connectivity index (χ4n) is 9.22. The molecule has 0 aliphatic heterocycles. The number of furan rings is 2. The predicted octanol–water partition coefficient (Wildman–Crippen LogP) is 17.9. The van der Waals surface area contributed by atoms with Gasteiger partial charge in [0, 0.05) is 32.5 Å². The number of fused-ring (bicyclic) bond motifs is 2. The van der Waals surface area contributed by atoms with Gasteiger partial charge in [-0.15, -0.1) is 0 Å². The molecule has 2 radical (unpaired) electrons. The maximum absolute atomic E-state index is 6.43. The van der Waals surface area contributed by atoms with Crippen LogP contribution in [-0.2, 0) is 42.5 Å². The van der Waals surface area contributed by atoms with Crippen molar-refractivity contribution < 1.29 is 29.7 Å². The van der Waals surface area contributed by atoms with Crippen molar-refractivity contribution in [2.24, 2.45) is 0 Å². The van der Waals surface area contributed by atoms with Crippen molar-refractivity contribution in [2.75, 3.05) is 0 Å². The third-order valence-corrected chi connectivity index (χ3v) is 14.5. The van der Waals surface area contributed by atoms with Gasteiger partial charge in [-0.2, -0.15) is 0 Å². The number of hydrogen-bond acceptors (Lipinski definition) is 2. The molecule has 2 atom stereocenters. The summed E-state index contributed by atoms with van der Waals surface area (Å²) in [7, 11) is 10.6. The molecule has 64 heavy (non-hydrogen) atoms. The average molecular weight is 985 g/mol. The van der Waals surface area contributed by atoms with Crippen molar-refractivity contribution in [2.45, 2.75) is 143 Å². The molecule has 0 saturated heterocycles. The second-order valence-corrected chi connectivity index (χ2v) is 27.1. The summed E-state index contributed by atoms with van der Waals surface area (Å²) in [5.41, 5.74) is 19.0. The van der Waals surface area contributed by atoms with Crippen molar-refractivity contribution >= 4 is 49.8 Å². The summed E-state index contributed by atoms with van der Waals surface area (Å²) in [5, 5.41) is 0. The Labute approximate surface area is 405 Å². The van der Waals surface area contributed by atoms with Gasteiger partial charge < -0.3 is 8.83 Å². The Morgan fingerprint density at radius 1 is 0.484 bits per heavy atom. The SMILES string of the molecule is Cc1ccc(C2=Cc3c(-c4cc(C(C)(C)C)cc(C(C)(C)C)c4)cccc3C2C[Si]CC2C(c3ccc(C)o3)=Cc3c(-c4cc(C(C)(C)C)cc(C(C)(C)C)c4)cccc32)o1.[Cl][Zr][Cl]. The normalized spacial score (nSPS) is 16.2. The van der Waals surface area contributed by atoms with Gasteiger partial charge in [-0.05, 0) is 151 Å². The van der Waals surface area contributed by atoms with E-state index in [-0.39, 0.29) is 33.5 Å². The molecule has 8 rings (SSSR count). The molecule has 2 heterocycles. The van der Waals surface area contributed by atoms with Crippen LogP contribution in [0, 0.1) is 13.8 Å². The average Bonchev–Trinajstić information content (AvgIpc) is 4.02. The van der Waals surface area contributed by atoms with Gasteiger partial charge in [-0.3, -0.25) is 0 Å². The van der Waals surface area contributed by atoms with Gasteiger partial charge in [-0.25, -0.2) is 0 Å². The van der Waals surface area contributed by atoms with E-state index >= 15 is 0 Å². The monoisotopic (exact) mass is 982 g/mol. The Hall–Kier alpha value is -3.40. The molecule has 2 unspecified atom stereocenters. The van der Waals surface area contributed by atoms with E-state index in [0.717, 1.165) is 44.6 Å². The maximum atomic E-state index is 6.43. The van der Waals surface area contributed by atoms with Crippen LogP contribution in [0.5, 0.6) is 0 Å². The molecule has 6 heteroatoms. The fourth-order valence-corrected chi connectivity index (χ4v) is 10.8. The van der Waals surface area contributed by atoms with E-state index in [1.165, 1.54) is 77.9 Å². The van der Waals surface area contributed by atoms with Crippen LogP contribution < -0.4 is 0 Å². The topological polar surface area (TPSA) is 26.3 Å². The van der Waals surface area contributed by atoms with Gasteiger partial charge in [0.15, 0.2) is 0 Å². The van der Waals surface area contributed by atoms with Crippen LogP contribution >= 0.6 is 17.0 Å². The fraction of sp³-hybridized carbons (Fsp3) is 0.379. The van der Waals surface area contributed by atoms with E-state index < -0.39 is 20.8 Å². The molecule has 0 spiro atoms. The molecule has 332 valence electrons. The molecule has 2 aromatic heterocycles. The van der Waals surface area contributed by atoms with Gasteiger partial charge >= 0.3 is 37.9 Å². The second kappa shape index (κ2) is 18.7. The number of rotatable bonds is 8. The molecule has 0 amide bonds. The van der Waals surface area contributed by atoms with E-state index in [1.807, 2.05) is 0 Å². The van der Waals surface area contributed by atoms with Crippen LogP contribution in [-0.4, -0.2) is 9.52 Å². The summed E-state index contributed by atoms with van der Waals surface area (Å²) >= 11 is -0.826. The zero-order valence-electron chi connectivity index (χ0n) is 40.5. The van der Waals surface area contributed by atoms with Crippen molar-refractivity contribution in [1.82, 2.24) is 0 Å². The first kappa shape index (κ1) is 48.5. The molecule has 0 N–H and O–H groups in total. The van der Waals surface area contributed by atoms with Crippen LogP contribution in [0.3, 0.4) is 0 Å². The van der Waals surface area contributed by atoms with Crippen LogP contribution in [0.25, 0.3) is 45.6 Å².